The molecule has 0 aliphatic carbocycles. The van der Waals surface area contributed by atoms with Gasteiger partial charge in [0.1, 0.15) is 6.04 Å². The van der Waals surface area contributed by atoms with E-state index in [9.17, 15) is 14.7 Å². The fraction of sp³-hybridized carbons (Fsp3) is 0.294. The molecule has 0 saturated heterocycles. The first-order chi connectivity index (χ1) is 12.5. The standard InChI is InChI=1S/C17H17N5O4/c1-3-26-16(25)12-9(2)19-17-20-14(15(23)24)21-22(17)13(12)11-6-4-10(8-18)5-7-11/h4-7,13-14,21H,3H2,1-2H3,(H,19,20)(H,23,24). The van der Waals surface area contributed by atoms with Crippen LogP contribution < -0.4 is 10.7 Å². The molecule has 0 fully saturated rings. The molecule has 2 atom stereocenters. The van der Waals surface area contributed by atoms with E-state index in [-0.39, 0.29) is 6.61 Å². The number of guanidine groups is 1. The van der Waals surface area contributed by atoms with Crippen molar-refractivity contribution in [3.63, 3.8) is 0 Å². The van der Waals surface area contributed by atoms with Crippen LogP contribution in [-0.2, 0) is 14.3 Å². The number of allylic oxidation sites excluding steroid dienone is 1. The van der Waals surface area contributed by atoms with Crippen molar-refractivity contribution in [2.45, 2.75) is 26.1 Å². The van der Waals surface area contributed by atoms with Crippen LogP contribution in [-0.4, -0.2) is 40.8 Å². The molecular weight excluding hydrogens is 338 g/mol. The summed E-state index contributed by atoms with van der Waals surface area (Å²) in [5.74, 6) is -1.34. The predicted molar refractivity (Wildman–Crippen MR) is 90.2 cm³/mol. The largest absolute Gasteiger partial charge is 0.479 e. The molecule has 134 valence electrons. The van der Waals surface area contributed by atoms with Gasteiger partial charge in [-0.1, -0.05) is 12.1 Å². The van der Waals surface area contributed by atoms with Gasteiger partial charge in [-0.3, -0.25) is 5.01 Å². The van der Waals surface area contributed by atoms with Crippen LogP contribution in [0.25, 0.3) is 0 Å². The molecule has 0 radical (unpaired) electrons. The molecule has 9 nitrogen and oxygen atoms in total. The van der Waals surface area contributed by atoms with Gasteiger partial charge in [-0.2, -0.15) is 10.7 Å². The number of ether oxygens (including phenoxy) is 1. The zero-order chi connectivity index (χ0) is 18.8. The van der Waals surface area contributed by atoms with Crippen LogP contribution >= 0.6 is 0 Å². The van der Waals surface area contributed by atoms with E-state index >= 15 is 0 Å². The maximum Gasteiger partial charge on any atom is 0.345 e. The lowest BCUT2D eigenvalue weighted by molar-refractivity contribution is -0.139. The smallest absolute Gasteiger partial charge is 0.345 e. The number of aliphatic imine (C=N–C) groups is 1. The van der Waals surface area contributed by atoms with Gasteiger partial charge in [-0.25, -0.2) is 14.6 Å². The summed E-state index contributed by atoms with van der Waals surface area (Å²) < 4.78 is 5.17. The SMILES string of the molecule is CCOC(=O)C1=C(C)NC2=NC(C(=O)O)NN2C1c1ccc(C#N)cc1. The van der Waals surface area contributed by atoms with E-state index in [0.717, 1.165) is 0 Å². The molecule has 0 spiro atoms. The van der Waals surface area contributed by atoms with E-state index in [0.29, 0.717) is 28.4 Å². The lowest BCUT2D eigenvalue weighted by Gasteiger charge is -2.36. The molecule has 9 heteroatoms. The number of nitrogens with zero attached hydrogens (tertiary/aromatic N) is 3. The second kappa shape index (κ2) is 6.85. The van der Waals surface area contributed by atoms with Crippen LogP contribution in [0.4, 0.5) is 0 Å². The number of carboxylic acid groups (broad SMARTS) is 1. The number of esters is 1. The highest BCUT2D eigenvalue weighted by Crippen LogP contribution is 2.35. The molecule has 26 heavy (non-hydrogen) atoms. The number of fused-ring (bicyclic) bond motifs is 1. The zero-order valence-electron chi connectivity index (χ0n) is 14.2. The van der Waals surface area contributed by atoms with Gasteiger partial charge >= 0.3 is 11.9 Å². The number of aliphatic carboxylic acids is 1. The fourth-order valence-electron chi connectivity index (χ4n) is 2.90. The van der Waals surface area contributed by atoms with Crippen molar-refractivity contribution in [2.75, 3.05) is 6.61 Å². The molecule has 1 aromatic rings. The Labute approximate surface area is 149 Å². The van der Waals surface area contributed by atoms with E-state index in [1.807, 2.05) is 6.07 Å². The van der Waals surface area contributed by atoms with E-state index in [2.05, 4.69) is 15.7 Å². The Morgan fingerprint density at radius 3 is 2.65 bits per heavy atom. The number of benzene rings is 1. The third kappa shape index (κ3) is 2.98. The van der Waals surface area contributed by atoms with Crippen molar-refractivity contribution >= 4 is 17.9 Å². The topological polar surface area (TPSA) is 127 Å². The second-order valence-corrected chi connectivity index (χ2v) is 5.71. The maximum atomic E-state index is 12.5. The van der Waals surface area contributed by atoms with Gasteiger partial charge in [0.05, 0.1) is 23.8 Å². The normalized spacial score (nSPS) is 21.4. The number of rotatable bonds is 4. The molecule has 2 aliphatic rings. The number of hydrogen-bond donors (Lipinski definition) is 3. The Morgan fingerprint density at radius 1 is 1.38 bits per heavy atom. The van der Waals surface area contributed by atoms with Crippen LogP contribution in [0, 0.1) is 11.3 Å². The van der Waals surface area contributed by atoms with Crippen LogP contribution in [0.5, 0.6) is 0 Å². The fourth-order valence-corrected chi connectivity index (χ4v) is 2.90. The molecule has 3 rings (SSSR count). The summed E-state index contributed by atoms with van der Waals surface area (Å²) in [6.45, 7) is 3.63. The Bertz CT molecular complexity index is 853. The highest BCUT2D eigenvalue weighted by molar-refractivity contribution is 5.97. The molecule has 0 aromatic heterocycles. The van der Waals surface area contributed by atoms with Gasteiger partial charge in [0.25, 0.3) is 0 Å². The van der Waals surface area contributed by atoms with Crippen LogP contribution in [0.15, 0.2) is 40.5 Å². The number of nitrogens with one attached hydrogen (secondary N) is 2. The molecule has 0 amide bonds. The summed E-state index contributed by atoms with van der Waals surface area (Å²) >= 11 is 0. The van der Waals surface area contributed by atoms with Crippen molar-refractivity contribution in [1.82, 2.24) is 15.8 Å². The minimum atomic E-state index is -1.16. The van der Waals surface area contributed by atoms with Crippen molar-refractivity contribution in [2.24, 2.45) is 4.99 Å². The van der Waals surface area contributed by atoms with Gasteiger partial charge in [-0.05, 0) is 31.5 Å². The molecule has 1 aromatic carbocycles. The molecule has 2 heterocycles. The average Bonchev–Trinajstić information content (AvgIpc) is 3.04. The summed E-state index contributed by atoms with van der Waals surface area (Å²) in [7, 11) is 0. The molecule has 3 N–H and O–H groups in total. The van der Waals surface area contributed by atoms with E-state index in [4.69, 9.17) is 10.00 Å². The van der Waals surface area contributed by atoms with E-state index in [1.165, 1.54) is 5.01 Å². The van der Waals surface area contributed by atoms with Crippen LogP contribution in [0.2, 0.25) is 0 Å². The third-order valence-electron chi connectivity index (χ3n) is 4.06. The Hall–Kier alpha value is -3.38. The third-order valence-corrected chi connectivity index (χ3v) is 4.06. The molecule has 2 aliphatic heterocycles. The highest BCUT2D eigenvalue weighted by Gasteiger charge is 2.42. The van der Waals surface area contributed by atoms with E-state index < -0.39 is 24.1 Å². The number of carboxylic acids is 1. The Morgan fingerprint density at radius 2 is 2.08 bits per heavy atom. The number of carbonyl (C=O) groups excluding carboxylic acids is 1. The van der Waals surface area contributed by atoms with E-state index in [1.54, 1.807) is 38.1 Å². The number of nitriles is 1. The average molecular weight is 355 g/mol. The van der Waals surface area contributed by atoms with Crippen LogP contribution in [0.1, 0.15) is 31.0 Å². The zero-order valence-corrected chi connectivity index (χ0v) is 14.2. The van der Waals surface area contributed by atoms with Gasteiger partial charge in [0.15, 0.2) is 0 Å². The van der Waals surface area contributed by atoms with Gasteiger partial charge in [0, 0.05) is 5.70 Å². The summed E-state index contributed by atoms with van der Waals surface area (Å²) in [5.41, 5.74) is 4.82. The Balaban J connectivity index is 2.07. The van der Waals surface area contributed by atoms with Crippen molar-refractivity contribution in [3.05, 3.63) is 46.7 Å². The summed E-state index contributed by atoms with van der Waals surface area (Å²) in [6, 6.07) is 8.10. The lowest BCUT2D eigenvalue weighted by Crippen LogP contribution is -2.53. The summed E-state index contributed by atoms with van der Waals surface area (Å²) in [6.07, 6.45) is -1.16. The number of carbonyl (C=O) groups is 2. The molecule has 2 unspecified atom stereocenters. The predicted octanol–water partition coefficient (Wildman–Crippen LogP) is 0.627. The number of hydrogen-bond acceptors (Lipinski definition) is 8. The van der Waals surface area contributed by atoms with Gasteiger partial charge in [-0.15, -0.1) is 0 Å². The maximum absolute atomic E-state index is 12.5. The summed E-state index contributed by atoms with van der Waals surface area (Å²) in [4.78, 5) is 27.9. The number of hydrazine groups is 1. The highest BCUT2D eigenvalue weighted by atomic mass is 16.5. The summed E-state index contributed by atoms with van der Waals surface area (Å²) in [5, 5.41) is 22.7. The minimum absolute atomic E-state index is 0.210. The molecule has 0 bridgehead atoms. The van der Waals surface area contributed by atoms with Crippen molar-refractivity contribution in [1.29, 1.82) is 5.26 Å². The first-order valence-corrected chi connectivity index (χ1v) is 7.97. The monoisotopic (exact) mass is 355 g/mol. The minimum Gasteiger partial charge on any atom is -0.479 e. The van der Waals surface area contributed by atoms with Crippen molar-refractivity contribution in [3.8, 4) is 6.07 Å². The second-order valence-electron chi connectivity index (χ2n) is 5.71. The lowest BCUT2D eigenvalue weighted by atomic mass is 9.94. The Kier molecular flexibility index (Phi) is 4.60. The van der Waals surface area contributed by atoms with Crippen molar-refractivity contribution < 1.29 is 19.4 Å². The first-order valence-electron chi connectivity index (χ1n) is 7.97. The van der Waals surface area contributed by atoms with Crippen LogP contribution in [0.3, 0.4) is 0 Å². The first kappa shape index (κ1) is 17.4. The van der Waals surface area contributed by atoms with Gasteiger partial charge < -0.3 is 15.2 Å². The molecular formula is C17H17N5O4. The van der Waals surface area contributed by atoms with Gasteiger partial charge in [0.2, 0.25) is 12.1 Å². The molecule has 0 saturated carbocycles. The quantitative estimate of drug-likeness (QED) is 0.671.